The highest BCUT2D eigenvalue weighted by molar-refractivity contribution is 7.91. The molecule has 1 fully saturated rings. The zero-order valence-corrected chi connectivity index (χ0v) is 17.6. The number of rotatable bonds is 5. The standard InChI is InChI=1S/C20H24N4O4S/c1-13-18(14(2)24(21-13)15-8-9-29(27,28)11-15)10-22(3)12-23-19(25)16-6-4-5-7-17(16)20(23)26/h4-7,15H,8-12H2,1-3H3. The van der Waals surface area contributed by atoms with Crippen molar-refractivity contribution in [2.24, 2.45) is 0 Å². The van der Waals surface area contributed by atoms with Gasteiger partial charge in [0, 0.05) is 17.8 Å². The molecular formula is C20H24N4O4S. The summed E-state index contributed by atoms with van der Waals surface area (Å²) in [5, 5.41) is 4.58. The Morgan fingerprint density at radius 1 is 1.14 bits per heavy atom. The Balaban J connectivity index is 1.49. The second-order valence-corrected chi connectivity index (χ2v) is 10.1. The largest absolute Gasteiger partial charge is 0.284 e. The molecule has 1 saturated heterocycles. The van der Waals surface area contributed by atoms with Crippen LogP contribution in [0, 0.1) is 13.8 Å². The van der Waals surface area contributed by atoms with Gasteiger partial charge in [0.25, 0.3) is 11.8 Å². The molecule has 29 heavy (non-hydrogen) atoms. The highest BCUT2D eigenvalue weighted by Gasteiger charge is 2.36. The molecule has 1 aromatic carbocycles. The van der Waals surface area contributed by atoms with Gasteiger partial charge in [-0.2, -0.15) is 5.10 Å². The van der Waals surface area contributed by atoms with Crippen LogP contribution in [0.3, 0.4) is 0 Å². The van der Waals surface area contributed by atoms with Crippen molar-refractivity contribution < 1.29 is 18.0 Å². The van der Waals surface area contributed by atoms with Gasteiger partial charge in [0.15, 0.2) is 9.84 Å². The molecule has 9 heteroatoms. The fraction of sp³-hybridized carbons (Fsp3) is 0.450. The molecule has 2 amide bonds. The van der Waals surface area contributed by atoms with Gasteiger partial charge < -0.3 is 0 Å². The molecule has 8 nitrogen and oxygen atoms in total. The lowest BCUT2D eigenvalue weighted by atomic mass is 10.1. The summed E-state index contributed by atoms with van der Waals surface area (Å²) in [6.45, 7) is 4.52. The molecule has 2 aliphatic rings. The van der Waals surface area contributed by atoms with Crippen LogP contribution in [0.5, 0.6) is 0 Å². The van der Waals surface area contributed by atoms with Crippen LogP contribution in [-0.2, 0) is 16.4 Å². The third-order valence-corrected chi connectivity index (χ3v) is 7.47. The van der Waals surface area contributed by atoms with Crippen LogP contribution in [0.2, 0.25) is 0 Å². The highest BCUT2D eigenvalue weighted by atomic mass is 32.2. The summed E-state index contributed by atoms with van der Waals surface area (Å²) >= 11 is 0. The van der Waals surface area contributed by atoms with Crippen LogP contribution < -0.4 is 0 Å². The van der Waals surface area contributed by atoms with E-state index in [0.717, 1.165) is 17.0 Å². The number of imide groups is 1. The Kier molecular flexibility index (Phi) is 4.82. The third kappa shape index (κ3) is 3.49. The van der Waals surface area contributed by atoms with Crippen LogP contribution in [0.25, 0.3) is 0 Å². The summed E-state index contributed by atoms with van der Waals surface area (Å²) in [4.78, 5) is 28.3. The number of fused-ring (bicyclic) bond motifs is 1. The molecule has 1 aromatic heterocycles. The Hall–Kier alpha value is -2.52. The van der Waals surface area contributed by atoms with E-state index in [2.05, 4.69) is 5.10 Å². The van der Waals surface area contributed by atoms with E-state index in [1.807, 2.05) is 30.5 Å². The molecule has 3 heterocycles. The number of benzene rings is 1. The average molecular weight is 417 g/mol. The molecule has 0 aliphatic carbocycles. The summed E-state index contributed by atoms with van der Waals surface area (Å²) in [6.07, 6.45) is 0.578. The van der Waals surface area contributed by atoms with Crippen LogP contribution in [0.4, 0.5) is 0 Å². The van der Waals surface area contributed by atoms with Crippen molar-refractivity contribution in [3.63, 3.8) is 0 Å². The first-order chi connectivity index (χ1) is 13.7. The number of carbonyl (C=O) groups is 2. The number of hydrogen-bond donors (Lipinski definition) is 0. The molecule has 0 spiro atoms. The van der Waals surface area contributed by atoms with Crippen molar-refractivity contribution in [2.75, 3.05) is 25.2 Å². The summed E-state index contributed by atoms with van der Waals surface area (Å²) < 4.78 is 25.5. The maximum Gasteiger partial charge on any atom is 0.262 e. The van der Waals surface area contributed by atoms with Gasteiger partial charge >= 0.3 is 0 Å². The minimum Gasteiger partial charge on any atom is -0.284 e. The lowest BCUT2D eigenvalue weighted by Crippen LogP contribution is -2.39. The molecule has 2 aliphatic heterocycles. The quantitative estimate of drug-likeness (QED) is 0.687. The normalized spacial score (nSPS) is 20.7. The van der Waals surface area contributed by atoms with E-state index >= 15 is 0 Å². The van der Waals surface area contributed by atoms with Gasteiger partial charge in [0.05, 0.1) is 41.0 Å². The van der Waals surface area contributed by atoms with Crippen molar-refractivity contribution in [3.8, 4) is 0 Å². The molecule has 2 aromatic rings. The minimum atomic E-state index is -2.99. The predicted molar refractivity (Wildman–Crippen MR) is 107 cm³/mol. The number of carbonyl (C=O) groups excluding carboxylic acids is 2. The van der Waals surface area contributed by atoms with Crippen molar-refractivity contribution >= 4 is 21.7 Å². The summed E-state index contributed by atoms with van der Waals surface area (Å²) in [6, 6.07) is 6.71. The second-order valence-electron chi connectivity index (χ2n) is 7.89. The van der Waals surface area contributed by atoms with Crippen LogP contribution in [-0.4, -0.2) is 65.0 Å². The Bertz CT molecular complexity index is 1070. The van der Waals surface area contributed by atoms with Crippen LogP contribution >= 0.6 is 0 Å². The number of sulfone groups is 1. The molecular weight excluding hydrogens is 392 g/mol. The maximum atomic E-state index is 12.6. The highest BCUT2D eigenvalue weighted by Crippen LogP contribution is 2.28. The Labute approximate surface area is 170 Å². The van der Waals surface area contributed by atoms with Gasteiger partial charge in [0.2, 0.25) is 0 Å². The van der Waals surface area contributed by atoms with E-state index in [0.29, 0.717) is 24.1 Å². The first kappa shape index (κ1) is 19.8. The first-order valence-corrected chi connectivity index (χ1v) is 11.4. The SMILES string of the molecule is Cc1nn(C2CCS(=O)(=O)C2)c(C)c1CN(C)CN1C(=O)c2ccccc2C1=O. The average Bonchev–Trinajstić information content (AvgIpc) is 3.25. The summed E-state index contributed by atoms with van der Waals surface area (Å²) in [5.41, 5.74) is 3.63. The minimum absolute atomic E-state index is 0.124. The molecule has 0 N–H and O–H groups in total. The molecule has 1 unspecified atom stereocenters. The molecule has 154 valence electrons. The number of aromatic nitrogens is 2. The smallest absolute Gasteiger partial charge is 0.262 e. The fourth-order valence-corrected chi connectivity index (χ4v) is 5.87. The molecule has 0 radical (unpaired) electrons. The van der Waals surface area contributed by atoms with Crippen molar-refractivity contribution in [1.29, 1.82) is 0 Å². The Morgan fingerprint density at radius 2 is 1.76 bits per heavy atom. The number of nitrogens with zero attached hydrogens (tertiary/aromatic N) is 4. The zero-order valence-electron chi connectivity index (χ0n) is 16.8. The van der Waals surface area contributed by atoms with Gasteiger partial charge in [-0.3, -0.25) is 24.1 Å². The molecule has 4 rings (SSSR count). The molecule has 0 saturated carbocycles. The van der Waals surface area contributed by atoms with E-state index in [-0.39, 0.29) is 36.0 Å². The van der Waals surface area contributed by atoms with E-state index in [9.17, 15) is 18.0 Å². The predicted octanol–water partition coefficient (Wildman–Crippen LogP) is 1.55. The van der Waals surface area contributed by atoms with Gasteiger partial charge in [-0.25, -0.2) is 8.42 Å². The topological polar surface area (TPSA) is 92.6 Å². The van der Waals surface area contributed by atoms with Crippen molar-refractivity contribution in [2.45, 2.75) is 32.9 Å². The van der Waals surface area contributed by atoms with Crippen LogP contribution in [0.1, 0.15) is 50.1 Å². The van der Waals surface area contributed by atoms with Gasteiger partial charge in [-0.05, 0) is 39.4 Å². The number of hydrogen-bond acceptors (Lipinski definition) is 6. The van der Waals surface area contributed by atoms with Gasteiger partial charge in [-0.1, -0.05) is 12.1 Å². The lowest BCUT2D eigenvalue weighted by Gasteiger charge is -2.23. The Morgan fingerprint density at radius 3 is 2.31 bits per heavy atom. The van der Waals surface area contributed by atoms with E-state index < -0.39 is 9.84 Å². The van der Waals surface area contributed by atoms with E-state index in [4.69, 9.17) is 0 Å². The first-order valence-electron chi connectivity index (χ1n) is 9.56. The van der Waals surface area contributed by atoms with Gasteiger partial charge in [-0.15, -0.1) is 0 Å². The number of aryl methyl sites for hydroxylation is 1. The van der Waals surface area contributed by atoms with Crippen molar-refractivity contribution in [1.82, 2.24) is 19.6 Å². The molecule has 1 atom stereocenters. The monoisotopic (exact) mass is 416 g/mol. The summed E-state index contributed by atoms with van der Waals surface area (Å²) in [7, 11) is -1.15. The zero-order chi connectivity index (χ0) is 20.9. The van der Waals surface area contributed by atoms with Gasteiger partial charge in [0.1, 0.15) is 0 Å². The van der Waals surface area contributed by atoms with E-state index in [1.165, 1.54) is 4.90 Å². The third-order valence-electron chi connectivity index (χ3n) is 5.72. The van der Waals surface area contributed by atoms with Crippen LogP contribution in [0.15, 0.2) is 24.3 Å². The molecule has 0 bridgehead atoms. The number of amides is 2. The maximum absolute atomic E-state index is 12.6. The van der Waals surface area contributed by atoms with E-state index in [1.54, 1.807) is 24.3 Å². The summed E-state index contributed by atoms with van der Waals surface area (Å²) in [5.74, 6) is -0.236. The fourth-order valence-electron chi connectivity index (χ4n) is 4.18. The lowest BCUT2D eigenvalue weighted by molar-refractivity contribution is 0.0559. The second kappa shape index (κ2) is 7.07. The van der Waals surface area contributed by atoms with Crippen molar-refractivity contribution in [3.05, 3.63) is 52.3 Å².